The van der Waals surface area contributed by atoms with Gasteiger partial charge in [-0.15, -0.1) is 0 Å². The van der Waals surface area contributed by atoms with Crippen molar-refractivity contribution >= 4 is 34.6 Å². The van der Waals surface area contributed by atoms with Gasteiger partial charge in [0.15, 0.2) is 3.77 Å². The number of nitriles is 1. The molecule has 1 fully saturated rings. The van der Waals surface area contributed by atoms with Crippen molar-refractivity contribution in [3.05, 3.63) is 27.2 Å². The molecule has 1 N–H and O–H groups in total. The normalized spacial score (nSPS) is 16.9. The van der Waals surface area contributed by atoms with Crippen molar-refractivity contribution in [1.82, 2.24) is 5.32 Å². The molecule has 0 radical (unpaired) electrons. The van der Waals surface area contributed by atoms with E-state index in [1.165, 1.54) is 12.5 Å². The van der Waals surface area contributed by atoms with E-state index in [0.717, 1.165) is 29.5 Å². The van der Waals surface area contributed by atoms with Crippen molar-refractivity contribution in [1.29, 1.82) is 5.26 Å². The zero-order chi connectivity index (χ0) is 13.7. The van der Waals surface area contributed by atoms with E-state index < -0.39 is 0 Å². The lowest BCUT2D eigenvalue weighted by atomic mass is 9.95. The van der Waals surface area contributed by atoms with Crippen LogP contribution in [0.4, 0.5) is 0 Å². The van der Waals surface area contributed by atoms with E-state index in [2.05, 4.69) is 5.32 Å². The molecule has 0 bridgehead atoms. The van der Waals surface area contributed by atoms with Crippen LogP contribution in [0.3, 0.4) is 0 Å². The summed E-state index contributed by atoms with van der Waals surface area (Å²) in [6, 6.07) is 5.67. The van der Waals surface area contributed by atoms with Gasteiger partial charge >= 0.3 is 0 Å². The van der Waals surface area contributed by atoms with Gasteiger partial charge in [-0.1, -0.05) is 19.3 Å². The van der Waals surface area contributed by atoms with Gasteiger partial charge in [0.05, 0.1) is 0 Å². The average molecular weight is 370 g/mol. The fourth-order valence-electron chi connectivity index (χ4n) is 2.21. The van der Waals surface area contributed by atoms with Crippen LogP contribution < -0.4 is 5.32 Å². The molecule has 0 spiro atoms. The Hall–Kier alpha value is -1.29. The Bertz CT molecular complexity index is 522. The van der Waals surface area contributed by atoms with Crippen molar-refractivity contribution in [3.8, 4) is 6.07 Å². The Morgan fingerprint density at radius 1 is 1.42 bits per heavy atom. The van der Waals surface area contributed by atoms with E-state index in [9.17, 15) is 4.79 Å². The highest BCUT2D eigenvalue weighted by molar-refractivity contribution is 14.1. The molecule has 0 saturated heterocycles. The highest BCUT2D eigenvalue weighted by atomic mass is 127. The molecule has 2 rings (SSSR count). The number of hydrogen-bond acceptors (Lipinski definition) is 3. The largest absolute Gasteiger partial charge is 0.451 e. The third-order valence-corrected chi connectivity index (χ3v) is 3.77. The Labute approximate surface area is 126 Å². The third kappa shape index (κ3) is 4.10. The van der Waals surface area contributed by atoms with Gasteiger partial charge in [-0.25, -0.2) is 0 Å². The summed E-state index contributed by atoms with van der Waals surface area (Å²) in [5.74, 6) is 0.223. The first kappa shape index (κ1) is 14.1. The van der Waals surface area contributed by atoms with Crippen LogP contribution in [0.1, 0.15) is 37.9 Å². The first-order valence-electron chi connectivity index (χ1n) is 6.37. The molecular weight excluding hydrogens is 355 g/mol. The van der Waals surface area contributed by atoms with Crippen LogP contribution in [-0.4, -0.2) is 11.9 Å². The SMILES string of the molecule is N#C/C(=C/c1ccc(I)o1)C(=O)NC1CCCCC1. The molecule has 0 aliphatic heterocycles. The molecule has 100 valence electrons. The Morgan fingerprint density at radius 3 is 2.74 bits per heavy atom. The molecule has 1 heterocycles. The number of nitrogens with zero attached hydrogens (tertiary/aromatic N) is 1. The van der Waals surface area contributed by atoms with E-state index in [4.69, 9.17) is 9.68 Å². The molecular formula is C14H15IN2O2. The maximum Gasteiger partial charge on any atom is 0.262 e. The highest BCUT2D eigenvalue weighted by Gasteiger charge is 2.18. The molecule has 1 aliphatic rings. The van der Waals surface area contributed by atoms with E-state index >= 15 is 0 Å². The molecule has 19 heavy (non-hydrogen) atoms. The van der Waals surface area contributed by atoms with E-state index in [1.807, 2.05) is 28.7 Å². The lowest BCUT2D eigenvalue weighted by molar-refractivity contribution is -0.117. The topological polar surface area (TPSA) is 66.0 Å². The number of amides is 1. The fourth-order valence-corrected chi connectivity index (χ4v) is 2.64. The molecule has 1 saturated carbocycles. The van der Waals surface area contributed by atoms with Crippen LogP contribution in [0.25, 0.3) is 6.08 Å². The van der Waals surface area contributed by atoms with Gasteiger partial charge in [-0.05, 0) is 47.6 Å². The van der Waals surface area contributed by atoms with Crippen molar-refractivity contribution < 1.29 is 9.21 Å². The summed E-state index contributed by atoms with van der Waals surface area (Å²) in [4.78, 5) is 12.0. The second kappa shape index (κ2) is 6.75. The number of furan rings is 1. The number of rotatable bonds is 3. The van der Waals surface area contributed by atoms with Gasteiger partial charge in [0.2, 0.25) is 0 Å². The zero-order valence-corrected chi connectivity index (χ0v) is 12.6. The molecule has 0 aromatic carbocycles. The number of nitrogens with one attached hydrogen (secondary N) is 1. The summed E-state index contributed by atoms with van der Waals surface area (Å²) in [7, 11) is 0. The van der Waals surface area contributed by atoms with Crippen LogP contribution in [0.5, 0.6) is 0 Å². The first-order chi connectivity index (χ1) is 9.19. The Balaban J connectivity index is 2.02. The first-order valence-corrected chi connectivity index (χ1v) is 7.45. The highest BCUT2D eigenvalue weighted by Crippen LogP contribution is 2.18. The summed E-state index contributed by atoms with van der Waals surface area (Å²) in [5, 5.41) is 12.0. The second-order valence-electron chi connectivity index (χ2n) is 4.62. The molecule has 1 aromatic heterocycles. The number of halogens is 1. The smallest absolute Gasteiger partial charge is 0.262 e. The summed E-state index contributed by atoms with van der Waals surface area (Å²) in [5.41, 5.74) is 0.0938. The summed E-state index contributed by atoms with van der Waals surface area (Å²) >= 11 is 2.04. The van der Waals surface area contributed by atoms with E-state index in [-0.39, 0.29) is 17.5 Å². The quantitative estimate of drug-likeness (QED) is 0.505. The molecule has 4 nitrogen and oxygen atoms in total. The van der Waals surface area contributed by atoms with Crippen LogP contribution in [0.2, 0.25) is 0 Å². The van der Waals surface area contributed by atoms with Gasteiger partial charge in [0.1, 0.15) is 17.4 Å². The summed E-state index contributed by atoms with van der Waals surface area (Å²) in [6.45, 7) is 0. The van der Waals surface area contributed by atoms with Crippen LogP contribution in [-0.2, 0) is 4.79 Å². The maximum absolute atomic E-state index is 12.0. The van der Waals surface area contributed by atoms with Crippen molar-refractivity contribution in [2.24, 2.45) is 0 Å². The molecule has 5 heteroatoms. The minimum atomic E-state index is -0.305. The molecule has 0 atom stereocenters. The number of carbonyl (C=O) groups is 1. The van der Waals surface area contributed by atoms with Crippen LogP contribution >= 0.6 is 22.6 Å². The maximum atomic E-state index is 12.0. The molecule has 0 unspecified atom stereocenters. The minimum Gasteiger partial charge on any atom is -0.451 e. The Morgan fingerprint density at radius 2 is 2.16 bits per heavy atom. The molecule has 1 amide bonds. The lowest BCUT2D eigenvalue weighted by Gasteiger charge is -2.22. The van der Waals surface area contributed by atoms with Gasteiger partial charge in [-0.3, -0.25) is 4.79 Å². The van der Waals surface area contributed by atoms with E-state index in [0.29, 0.717) is 5.76 Å². The number of carbonyl (C=O) groups excluding carboxylic acids is 1. The summed E-state index contributed by atoms with van der Waals surface area (Å²) < 4.78 is 6.07. The average Bonchev–Trinajstić information content (AvgIpc) is 2.82. The van der Waals surface area contributed by atoms with Crippen molar-refractivity contribution in [2.75, 3.05) is 0 Å². The van der Waals surface area contributed by atoms with Gasteiger partial charge < -0.3 is 9.73 Å². The minimum absolute atomic E-state index is 0.0938. The summed E-state index contributed by atoms with van der Waals surface area (Å²) in [6.07, 6.45) is 7.02. The van der Waals surface area contributed by atoms with Crippen LogP contribution in [0, 0.1) is 15.1 Å². The monoisotopic (exact) mass is 370 g/mol. The lowest BCUT2D eigenvalue weighted by Crippen LogP contribution is -2.36. The van der Waals surface area contributed by atoms with E-state index in [1.54, 1.807) is 12.1 Å². The van der Waals surface area contributed by atoms with Crippen molar-refractivity contribution in [3.63, 3.8) is 0 Å². The Kier molecular flexibility index (Phi) is 5.02. The van der Waals surface area contributed by atoms with Gasteiger partial charge in [0.25, 0.3) is 5.91 Å². The standard InChI is InChI=1S/C14H15IN2O2/c15-13-7-6-12(19-13)8-10(9-16)14(18)17-11-4-2-1-3-5-11/h6-8,11H,1-5H2,(H,17,18)/b10-8-. The van der Waals surface area contributed by atoms with Crippen molar-refractivity contribution in [2.45, 2.75) is 38.1 Å². The molecule has 1 aliphatic carbocycles. The predicted molar refractivity (Wildman–Crippen MR) is 80.0 cm³/mol. The van der Waals surface area contributed by atoms with Crippen LogP contribution in [0.15, 0.2) is 22.1 Å². The van der Waals surface area contributed by atoms with Gasteiger partial charge in [-0.2, -0.15) is 5.26 Å². The fraction of sp³-hybridized carbons (Fsp3) is 0.429. The zero-order valence-electron chi connectivity index (χ0n) is 10.5. The predicted octanol–water partition coefficient (Wildman–Crippen LogP) is 3.24. The second-order valence-corrected chi connectivity index (χ2v) is 5.68. The molecule has 1 aromatic rings. The number of hydrogen-bond donors (Lipinski definition) is 1. The van der Waals surface area contributed by atoms with Gasteiger partial charge in [0, 0.05) is 12.1 Å². The third-order valence-electron chi connectivity index (χ3n) is 3.19.